The summed E-state index contributed by atoms with van der Waals surface area (Å²) in [7, 11) is 0. The lowest BCUT2D eigenvalue weighted by molar-refractivity contribution is -0.146. The number of thioether (sulfide) groups is 1. The molecule has 0 aliphatic carbocycles. The predicted octanol–water partition coefficient (Wildman–Crippen LogP) is 3.53. The highest BCUT2D eigenvalue weighted by molar-refractivity contribution is 7.99. The van der Waals surface area contributed by atoms with Gasteiger partial charge in [-0.05, 0) is 31.2 Å². The van der Waals surface area contributed by atoms with Gasteiger partial charge in [0.25, 0.3) is 5.91 Å². The highest BCUT2D eigenvalue weighted by Gasteiger charge is 2.10. The third-order valence-electron chi connectivity index (χ3n) is 3.28. The molecule has 1 N–H and O–H groups in total. The van der Waals surface area contributed by atoms with Gasteiger partial charge >= 0.3 is 5.97 Å². The molecule has 0 radical (unpaired) electrons. The summed E-state index contributed by atoms with van der Waals surface area (Å²) in [5, 5.41) is 11.5. The summed E-state index contributed by atoms with van der Waals surface area (Å²) in [4.78, 5) is 24.6. The van der Waals surface area contributed by atoms with Gasteiger partial charge in [0.15, 0.2) is 6.61 Å². The van der Waals surface area contributed by atoms with Gasteiger partial charge in [0.1, 0.15) is 6.07 Å². The van der Waals surface area contributed by atoms with Crippen molar-refractivity contribution in [3.05, 3.63) is 59.7 Å². The summed E-state index contributed by atoms with van der Waals surface area (Å²) < 4.78 is 4.96. The Hall–Kier alpha value is -2.78. The Labute approximate surface area is 151 Å². The smallest absolute Gasteiger partial charge is 0.307 e. The first-order valence-corrected chi connectivity index (χ1v) is 8.71. The molecule has 0 spiro atoms. The average molecular weight is 354 g/mol. The molecule has 2 aromatic rings. The van der Waals surface area contributed by atoms with Crippen LogP contribution < -0.4 is 5.32 Å². The number of aryl methyl sites for hydroxylation is 1. The quantitative estimate of drug-likeness (QED) is 0.608. The molecule has 0 aliphatic rings. The van der Waals surface area contributed by atoms with E-state index in [1.54, 1.807) is 36.0 Å². The van der Waals surface area contributed by atoms with E-state index in [0.29, 0.717) is 17.0 Å². The van der Waals surface area contributed by atoms with Crippen LogP contribution in [0.25, 0.3) is 0 Å². The zero-order valence-electron chi connectivity index (χ0n) is 13.8. The Balaban J connectivity index is 1.70. The SMILES string of the molecule is Cc1ccc(SCCC(=O)OCC(=O)Nc2ccccc2C#N)cc1. The van der Waals surface area contributed by atoms with Crippen molar-refractivity contribution in [2.24, 2.45) is 0 Å². The molecule has 5 nitrogen and oxygen atoms in total. The van der Waals surface area contributed by atoms with Crippen molar-refractivity contribution in [1.29, 1.82) is 5.26 Å². The number of nitrogens with zero attached hydrogens (tertiary/aromatic N) is 1. The standard InChI is InChI=1S/C19H18N2O3S/c1-14-6-8-16(9-7-14)25-11-10-19(23)24-13-18(22)21-17-5-3-2-4-15(17)12-20/h2-9H,10-11,13H2,1H3,(H,21,22). The van der Waals surface area contributed by atoms with Crippen LogP contribution in [-0.2, 0) is 14.3 Å². The van der Waals surface area contributed by atoms with Gasteiger partial charge in [-0.2, -0.15) is 5.26 Å². The molecular formula is C19H18N2O3S. The zero-order valence-corrected chi connectivity index (χ0v) is 14.6. The Morgan fingerprint density at radius 2 is 1.88 bits per heavy atom. The molecule has 1 amide bonds. The highest BCUT2D eigenvalue weighted by Crippen LogP contribution is 2.19. The average Bonchev–Trinajstić information content (AvgIpc) is 2.62. The molecule has 128 valence electrons. The number of carbonyl (C=O) groups is 2. The number of hydrogen-bond donors (Lipinski definition) is 1. The van der Waals surface area contributed by atoms with Crippen molar-refractivity contribution in [3.63, 3.8) is 0 Å². The summed E-state index contributed by atoms with van der Waals surface area (Å²) in [5.74, 6) is -0.314. The molecule has 0 heterocycles. The van der Waals surface area contributed by atoms with Crippen molar-refractivity contribution in [1.82, 2.24) is 0 Å². The summed E-state index contributed by atoms with van der Waals surface area (Å²) in [5.41, 5.74) is 1.95. The molecule has 0 fully saturated rings. The fourth-order valence-electron chi connectivity index (χ4n) is 1.98. The van der Waals surface area contributed by atoms with Crippen molar-refractivity contribution in [2.75, 3.05) is 17.7 Å². The topological polar surface area (TPSA) is 79.2 Å². The van der Waals surface area contributed by atoms with E-state index in [1.807, 2.05) is 37.3 Å². The molecule has 0 bridgehead atoms. The monoisotopic (exact) mass is 354 g/mol. The Kier molecular flexibility index (Phi) is 7.05. The Bertz CT molecular complexity index is 782. The van der Waals surface area contributed by atoms with Crippen molar-refractivity contribution < 1.29 is 14.3 Å². The van der Waals surface area contributed by atoms with Gasteiger partial charge in [-0.25, -0.2) is 0 Å². The number of nitriles is 1. The fourth-order valence-corrected chi connectivity index (χ4v) is 2.81. The second-order valence-electron chi connectivity index (χ2n) is 5.28. The largest absolute Gasteiger partial charge is 0.456 e. The Morgan fingerprint density at radius 1 is 1.16 bits per heavy atom. The molecule has 0 aliphatic heterocycles. The van der Waals surface area contributed by atoms with Crippen LogP contribution in [0, 0.1) is 18.3 Å². The molecule has 2 aromatic carbocycles. The lowest BCUT2D eigenvalue weighted by atomic mass is 10.2. The number of anilines is 1. The van der Waals surface area contributed by atoms with E-state index in [0.717, 1.165) is 4.90 Å². The van der Waals surface area contributed by atoms with E-state index in [2.05, 4.69) is 5.32 Å². The van der Waals surface area contributed by atoms with Crippen LogP contribution in [0.15, 0.2) is 53.4 Å². The minimum Gasteiger partial charge on any atom is -0.456 e. The van der Waals surface area contributed by atoms with Crippen LogP contribution in [0.1, 0.15) is 17.5 Å². The molecule has 0 atom stereocenters. The molecular weight excluding hydrogens is 336 g/mol. The Morgan fingerprint density at radius 3 is 2.60 bits per heavy atom. The molecule has 0 aromatic heterocycles. The second-order valence-corrected chi connectivity index (χ2v) is 6.45. The van der Waals surface area contributed by atoms with E-state index in [1.165, 1.54) is 5.56 Å². The summed E-state index contributed by atoms with van der Waals surface area (Å²) in [6.45, 7) is 1.65. The molecule has 0 unspecified atom stereocenters. The predicted molar refractivity (Wildman–Crippen MR) is 97.3 cm³/mol. The minimum absolute atomic E-state index is 0.223. The maximum atomic E-state index is 11.8. The fraction of sp³-hybridized carbons (Fsp3) is 0.211. The highest BCUT2D eigenvalue weighted by atomic mass is 32.2. The van der Waals surface area contributed by atoms with Gasteiger partial charge in [-0.15, -0.1) is 11.8 Å². The van der Waals surface area contributed by atoms with Crippen LogP contribution >= 0.6 is 11.8 Å². The maximum Gasteiger partial charge on any atom is 0.307 e. The lowest BCUT2D eigenvalue weighted by Gasteiger charge is -2.08. The van der Waals surface area contributed by atoms with E-state index in [4.69, 9.17) is 10.00 Å². The van der Waals surface area contributed by atoms with E-state index in [9.17, 15) is 9.59 Å². The van der Waals surface area contributed by atoms with Crippen LogP contribution in [0.2, 0.25) is 0 Å². The van der Waals surface area contributed by atoms with Crippen LogP contribution in [0.3, 0.4) is 0 Å². The number of nitrogens with one attached hydrogen (secondary N) is 1. The summed E-state index contributed by atoms with van der Waals surface area (Å²) in [6.07, 6.45) is 0.223. The summed E-state index contributed by atoms with van der Waals surface area (Å²) >= 11 is 1.56. The van der Waals surface area contributed by atoms with Gasteiger partial charge < -0.3 is 10.1 Å². The van der Waals surface area contributed by atoms with Crippen LogP contribution in [-0.4, -0.2) is 24.2 Å². The van der Waals surface area contributed by atoms with Crippen LogP contribution in [0.4, 0.5) is 5.69 Å². The molecule has 25 heavy (non-hydrogen) atoms. The van der Waals surface area contributed by atoms with Gasteiger partial charge in [-0.3, -0.25) is 9.59 Å². The van der Waals surface area contributed by atoms with E-state index in [-0.39, 0.29) is 13.0 Å². The maximum absolute atomic E-state index is 11.8. The number of para-hydroxylation sites is 1. The van der Waals surface area contributed by atoms with Crippen molar-refractivity contribution >= 4 is 29.3 Å². The molecule has 2 rings (SSSR count). The van der Waals surface area contributed by atoms with E-state index < -0.39 is 11.9 Å². The normalized spacial score (nSPS) is 9.92. The summed E-state index contributed by atoms with van der Waals surface area (Å²) in [6, 6.07) is 16.7. The van der Waals surface area contributed by atoms with Crippen molar-refractivity contribution in [3.8, 4) is 6.07 Å². The number of benzene rings is 2. The number of hydrogen-bond acceptors (Lipinski definition) is 5. The third-order valence-corrected chi connectivity index (χ3v) is 4.30. The van der Waals surface area contributed by atoms with Crippen molar-refractivity contribution in [2.45, 2.75) is 18.2 Å². The molecule has 0 saturated carbocycles. The number of ether oxygens (including phenoxy) is 1. The lowest BCUT2D eigenvalue weighted by Crippen LogP contribution is -2.21. The van der Waals surface area contributed by atoms with Gasteiger partial charge in [-0.1, -0.05) is 29.8 Å². The number of rotatable bonds is 7. The number of esters is 1. The second kappa shape index (κ2) is 9.50. The third kappa shape index (κ3) is 6.32. The molecule has 6 heteroatoms. The van der Waals surface area contributed by atoms with Gasteiger partial charge in [0, 0.05) is 10.6 Å². The van der Waals surface area contributed by atoms with Crippen LogP contribution in [0.5, 0.6) is 0 Å². The minimum atomic E-state index is -0.470. The first-order valence-electron chi connectivity index (χ1n) is 7.72. The van der Waals surface area contributed by atoms with Gasteiger partial charge in [0.2, 0.25) is 0 Å². The first-order chi connectivity index (χ1) is 12.1. The number of carbonyl (C=O) groups excluding carboxylic acids is 2. The first kappa shape index (κ1) is 18.6. The van der Waals surface area contributed by atoms with Gasteiger partial charge in [0.05, 0.1) is 17.7 Å². The zero-order chi connectivity index (χ0) is 18.1. The van der Waals surface area contributed by atoms with E-state index >= 15 is 0 Å². The molecule has 0 saturated heterocycles. The number of amides is 1.